The molecule has 0 unspecified atom stereocenters. The summed E-state index contributed by atoms with van der Waals surface area (Å²) in [4.78, 5) is 14.3. The molecule has 1 aliphatic rings. The number of hydrogen-bond acceptors (Lipinski definition) is 3. The Morgan fingerprint density at radius 2 is 1.88 bits per heavy atom. The molecule has 1 aromatic rings. The van der Waals surface area contributed by atoms with Crippen molar-refractivity contribution in [2.45, 2.75) is 12.8 Å². The van der Waals surface area contributed by atoms with Gasteiger partial charge in [-0.25, -0.2) is 0 Å². The molecule has 1 aliphatic heterocycles. The van der Waals surface area contributed by atoms with Gasteiger partial charge >= 0.3 is 0 Å². The van der Waals surface area contributed by atoms with Gasteiger partial charge in [-0.05, 0) is 13.0 Å². The quantitative estimate of drug-likeness (QED) is 0.782. The molecular weight excluding hydrogens is 212 g/mol. The molecule has 1 saturated heterocycles. The van der Waals surface area contributed by atoms with Gasteiger partial charge < -0.3 is 10.2 Å². The van der Waals surface area contributed by atoms with Crippen LogP contribution in [-0.2, 0) is 0 Å². The Morgan fingerprint density at radius 3 is 2.59 bits per heavy atom. The van der Waals surface area contributed by atoms with E-state index in [-0.39, 0.29) is 5.78 Å². The largest absolute Gasteiger partial charge is 0.314 e. The van der Waals surface area contributed by atoms with Crippen molar-refractivity contribution in [1.29, 1.82) is 0 Å². The van der Waals surface area contributed by atoms with Gasteiger partial charge in [0, 0.05) is 38.2 Å². The first kappa shape index (κ1) is 12.3. The fourth-order valence-electron chi connectivity index (χ4n) is 2.17. The van der Waals surface area contributed by atoms with E-state index >= 15 is 0 Å². The second-order valence-corrected chi connectivity index (χ2v) is 4.48. The van der Waals surface area contributed by atoms with Crippen LogP contribution in [0, 0.1) is 0 Å². The highest BCUT2D eigenvalue weighted by molar-refractivity contribution is 5.95. The van der Waals surface area contributed by atoms with Gasteiger partial charge in [0.25, 0.3) is 0 Å². The monoisotopic (exact) mass is 232 g/mol. The highest BCUT2D eigenvalue weighted by Gasteiger charge is 2.10. The van der Waals surface area contributed by atoms with Gasteiger partial charge in [0.05, 0.1) is 0 Å². The summed E-state index contributed by atoms with van der Waals surface area (Å²) in [5.74, 6) is 0.265. The van der Waals surface area contributed by atoms with E-state index in [1.165, 1.54) is 0 Å². The third-order valence-electron chi connectivity index (χ3n) is 3.18. The van der Waals surface area contributed by atoms with Crippen molar-refractivity contribution >= 4 is 5.78 Å². The van der Waals surface area contributed by atoms with E-state index in [1.807, 2.05) is 30.3 Å². The number of carbonyl (C=O) groups excluding carboxylic acids is 1. The van der Waals surface area contributed by atoms with Crippen LogP contribution < -0.4 is 5.32 Å². The lowest BCUT2D eigenvalue weighted by Gasteiger charge is -2.26. The topological polar surface area (TPSA) is 32.3 Å². The molecule has 0 radical (unpaired) electrons. The third kappa shape index (κ3) is 3.95. The average molecular weight is 232 g/mol. The Bertz CT molecular complexity index is 344. The molecule has 1 N–H and O–H groups in total. The number of nitrogens with one attached hydrogen (secondary N) is 1. The minimum Gasteiger partial charge on any atom is -0.314 e. The summed E-state index contributed by atoms with van der Waals surface area (Å²) in [6.07, 6.45) is 1.63. The first-order valence-corrected chi connectivity index (χ1v) is 6.37. The van der Waals surface area contributed by atoms with Crippen LogP contribution in [0.15, 0.2) is 30.3 Å². The zero-order valence-corrected chi connectivity index (χ0v) is 10.2. The number of nitrogens with zero attached hydrogens (tertiary/aromatic N) is 1. The van der Waals surface area contributed by atoms with Crippen molar-refractivity contribution in [2.75, 3.05) is 32.7 Å². The smallest absolute Gasteiger partial charge is 0.162 e. The van der Waals surface area contributed by atoms with Crippen LogP contribution in [-0.4, -0.2) is 43.4 Å². The number of piperazine rings is 1. The highest BCUT2D eigenvalue weighted by atomic mass is 16.1. The maximum Gasteiger partial charge on any atom is 0.162 e. The Labute approximate surface area is 103 Å². The third-order valence-corrected chi connectivity index (χ3v) is 3.18. The summed E-state index contributed by atoms with van der Waals surface area (Å²) in [5, 5.41) is 3.33. The number of rotatable bonds is 5. The van der Waals surface area contributed by atoms with E-state index in [2.05, 4.69) is 10.2 Å². The summed E-state index contributed by atoms with van der Waals surface area (Å²) in [5.41, 5.74) is 0.841. The van der Waals surface area contributed by atoms with Crippen LogP contribution in [0.3, 0.4) is 0 Å². The molecule has 2 rings (SSSR count). The summed E-state index contributed by atoms with van der Waals surface area (Å²) < 4.78 is 0. The molecule has 0 atom stereocenters. The van der Waals surface area contributed by atoms with Crippen LogP contribution in [0.5, 0.6) is 0 Å². The average Bonchev–Trinajstić information content (AvgIpc) is 2.41. The molecule has 1 aromatic carbocycles. The summed E-state index contributed by atoms with van der Waals surface area (Å²) in [6.45, 7) is 5.42. The molecule has 0 bridgehead atoms. The van der Waals surface area contributed by atoms with Gasteiger partial charge in [0.15, 0.2) is 5.78 Å². The van der Waals surface area contributed by atoms with E-state index in [4.69, 9.17) is 0 Å². The number of ketones is 1. The molecule has 3 nitrogen and oxygen atoms in total. The number of carbonyl (C=O) groups is 1. The van der Waals surface area contributed by atoms with Crippen molar-refractivity contribution in [3.63, 3.8) is 0 Å². The van der Waals surface area contributed by atoms with Crippen molar-refractivity contribution < 1.29 is 4.79 Å². The molecule has 0 amide bonds. The minimum atomic E-state index is 0.265. The number of Topliss-reactive ketones (excluding diaryl/α,β-unsaturated/α-hetero) is 1. The highest BCUT2D eigenvalue weighted by Crippen LogP contribution is 2.06. The summed E-state index contributed by atoms with van der Waals surface area (Å²) in [7, 11) is 0. The van der Waals surface area contributed by atoms with Gasteiger partial charge in [0.1, 0.15) is 0 Å². The van der Waals surface area contributed by atoms with Crippen molar-refractivity contribution in [2.24, 2.45) is 0 Å². The van der Waals surface area contributed by atoms with E-state index in [9.17, 15) is 4.79 Å². The molecule has 17 heavy (non-hydrogen) atoms. The molecule has 3 heteroatoms. The Morgan fingerprint density at radius 1 is 1.18 bits per heavy atom. The van der Waals surface area contributed by atoms with Crippen LogP contribution in [0.25, 0.3) is 0 Å². The van der Waals surface area contributed by atoms with Crippen molar-refractivity contribution in [3.8, 4) is 0 Å². The van der Waals surface area contributed by atoms with Gasteiger partial charge in [-0.1, -0.05) is 30.3 Å². The molecule has 92 valence electrons. The first-order valence-electron chi connectivity index (χ1n) is 6.37. The molecule has 1 fully saturated rings. The lowest BCUT2D eigenvalue weighted by Crippen LogP contribution is -2.43. The maximum atomic E-state index is 11.9. The molecule has 1 heterocycles. The predicted molar refractivity (Wildman–Crippen MR) is 69.3 cm³/mol. The molecule has 0 saturated carbocycles. The van der Waals surface area contributed by atoms with Crippen LogP contribution in [0.1, 0.15) is 23.2 Å². The van der Waals surface area contributed by atoms with Gasteiger partial charge in [-0.3, -0.25) is 4.79 Å². The second kappa shape index (κ2) is 6.52. The maximum absolute atomic E-state index is 11.9. The minimum absolute atomic E-state index is 0.265. The van der Waals surface area contributed by atoms with E-state index < -0.39 is 0 Å². The predicted octanol–water partition coefficient (Wildman–Crippen LogP) is 1.55. The van der Waals surface area contributed by atoms with E-state index in [0.717, 1.165) is 44.7 Å². The van der Waals surface area contributed by atoms with E-state index in [0.29, 0.717) is 6.42 Å². The lowest BCUT2D eigenvalue weighted by atomic mass is 10.1. The summed E-state index contributed by atoms with van der Waals surface area (Å²) >= 11 is 0. The van der Waals surface area contributed by atoms with Crippen molar-refractivity contribution in [3.05, 3.63) is 35.9 Å². The second-order valence-electron chi connectivity index (χ2n) is 4.48. The molecular formula is C14H20N2O. The lowest BCUT2D eigenvalue weighted by molar-refractivity contribution is 0.0973. The van der Waals surface area contributed by atoms with Gasteiger partial charge in [0.2, 0.25) is 0 Å². The number of benzene rings is 1. The van der Waals surface area contributed by atoms with Crippen LogP contribution >= 0.6 is 0 Å². The van der Waals surface area contributed by atoms with Gasteiger partial charge in [-0.2, -0.15) is 0 Å². The summed E-state index contributed by atoms with van der Waals surface area (Å²) in [6, 6.07) is 9.57. The van der Waals surface area contributed by atoms with Crippen molar-refractivity contribution in [1.82, 2.24) is 10.2 Å². The fraction of sp³-hybridized carbons (Fsp3) is 0.500. The standard InChI is InChI=1S/C14H20N2O/c17-14(13-5-2-1-3-6-13)7-4-10-16-11-8-15-9-12-16/h1-3,5-6,15H,4,7-12H2. The zero-order chi connectivity index (χ0) is 11.9. The fourth-order valence-corrected chi connectivity index (χ4v) is 2.17. The molecule has 0 spiro atoms. The van der Waals surface area contributed by atoms with Crippen LogP contribution in [0.4, 0.5) is 0 Å². The SMILES string of the molecule is O=C(CCCN1CCNCC1)c1ccccc1. The zero-order valence-electron chi connectivity index (χ0n) is 10.2. The Kier molecular flexibility index (Phi) is 4.71. The normalized spacial score (nSPS) is 16.9. The molecule has 0 aromatic heterocycles. The first-order chi connectivity index (χ1) is 8.36. The Hall–Kier alpha value is -1.19. The van der Waals surface area contributed by atoms with Gasteiger partial charge in [-0.15, -0.1) is 0 Å². The van der Waals surface area contributed by atoms with E-state index in [1.54, 1.807) is 0 Å². The molecule has 0 aliphatic carbocycles. The van der Waals surface area contributed by atoms with Crippen LogP contribution in [0.2, 0.25) is 0 Å². The Balaban J connectivity index is 1.69. The number of hydrogen-bond donors (Lipinski definition) is 1.